The van der Waals surface area contributed by atoms with Crippen LogP contribution in [0.15, 0.2) is 53.4 Å². The Morgan fingerprint density at radius 3 is 2.32 bits per heavy atom. The molecule has 9 heteroatoms. The van der Waals surface area contributed by atoms with Gasteiger partial charge in [-0.1, -0.05) is 17.7 Å². The zero-order chi connectivity index (χ0) is 22.0. The zero-order valence-corrected chi connectivity index (χ0v) is 18.1. The summed E-state index contributed by atoms with van der Waals surface area (Å²) in [7, 11) is -3.60. The molecule has 2 aliphatic rings. The number of carbonyl (C=O) groups excluding carboxylic acids is 2. The molecule has 164 valence electrons. The van der Waals surface area contributed by atoms with Gasteiger partial charge in [0.05, 0.1) is 24.2 Å². The number of rotatable bonds is 5. The number of hydrogen-bond donors (Lipinski definition) is 1. The van der Waals surface area contributed by atoms with Crippen molar-refractivity contribution in [3.8, 4) is 0 Å². The number of benzene rings is 2. The molecule has 1 N–H and O–H groups in total. The third-order valence-corrected chi connectivity index (χ3v) is 7.44. The Labute approximate surface area is 181 Å². The number of aryl methyl sites for hydroxylation is 1. The lowest BCUT2D eigenvalue weighted by molar-refractivity contribution is -0.117. The normalized spacial score (nSPS) is 20.1. The number of anilines is 1. The van der Waals surface area contributed by atoms with Crippen molar-refractivity contribution in [2.45, 2.75) is 24.3 Å². The minimum Gasteiger partial charge on any atom is -0.379 e. The Kier molecular flexibility index (Phi) is 6.08. The number of nitrogens with zero attached hydrogens (tertiary/aromatic N) is 2. The lowest BCUT2D eigenvalue weighted by Gasteiger charge is -2.26. The van der Waals surface area contributed by atoms with E-state index in [0.29, 0.717) is 38.4 Å². The number of nitrogens with one attached hydrogen (secondary N) is 1. The van der Waals surface area contributed by atoms with Gasteiger partial charge in [0.1, 0.15) is 0 Å². The maximum Gasteiger partial charge on any atom is 0.251 e. The third-order valence-electron chi connectivity index (χ3n) is 5.53. The van der Waals surface area contributed by atoms with E-state index in [0.717, 1.165) is 11.3 Å². The van der Waals surface area contributed by atoms with E-state index in [1.54, 1.807) is 4.90 Å². The zero-order valence-electron chi connectivity index (χ0n) is 17.3. The molecule has 31 heavy (non-hydrogen) atoms. The molecular formula is C22H25N3O5S. The highest BCUT2D eigenvalue weighted by atomic mass is 32.2. The second kappa shape index (κ2) is 8.78. The van der Waals surface area contributed by atoms with Gasteiger partial charge >= 0.3 is 0 Å². The van der Waals surface area contributed by atoms with Crippen LogP contribution in [0.3, 0.4) is 0 Å². The van der Waals surface area contributed by atoms with Crippen LogP contribution < -0.4 is 10.2 Å². The Morgan fingerprint density at radius 2 is 1.68 bits per heavy atom. The second-order valence-electron chi connectivity index (χ2n) is 7.76. The van der Waals surface area contributed by atoms with Gasteiger partial charge in [-0.2, -0.15) is 4.31 Å². The molecule has 0 radical (unpaired) electrons. The molecule has 2 aliphatic heterocycles. The van der Waals surface area contributed by atoms with Crippen molar-refractivity contribution in [1.82, 2.24) is 9.62 Å². The smallest absolute Gasteiger partial charge is 0.251 e. The lowest BCUT2D eigenvalue weighted by atomic mass is 10.2. The van der Waals surface area contributed by atoms with Crippen molar-refractivity contribution in [2.75, 3.05) is 37.7 Å². The number of ether oxygens (including phenoxy) is 1. The molecule has 0 aromatic heterocycles. The van der Waals surface area contributed by atoms with E-state index in [1.165, 1.54) is 28.6 Å². The van der Waals surface area contributed by atoms with E-state index in [2.05, 4.69) is 5.32 Å². The minimum atomic E-state index is -3.60. The first-order valence-corrected chi connectivity index (χ1v) is 11.6. The van der Waals surface area contributed by atoms with Crippen LogP contribution in [0.25, 0.3) is 0 Å². The average molecular weight is 444 g/mol. The Morgan fingerprint density at radius 1 is 1.03 bits per heavy atom. The lowest BCUT2D eigenvalue weighted by Crippen LogP contribution is -2.40. The highest BCUT2D eigenvalue weighted by molar-refractivity contribution is 7.89. The first kappa shape index (κ1) is 21.5. The van der Waals surface area contributed by atoms with Crippen LogP contribution in [0.1, 0.15) is 22.3 Å². The Bertz CT molecular complexity index is 1060. The van der Waals surface area contributed by atoms with E-state index in [1.807, 2.05) is 31.2 Å². The summed E-state index contributed by atoms with van der Waals surface area (Å²) >= 11 is 0. The quantitative estimate of drug-likeness (QED) is 0.757. The SMILES string of the molecule is Cc1ccc(N2C[C@H](NC(=O)c3ccc(S(=O)(=O)N4CCOCC4)cc3)CC2=O)cc1. The molecule has 0 saturated carbocycles. The number of amides is 2. The number of morpholine rings is 1. The summed E-state index contributed by atoms with van der Waals surface area (Å²) in [6.45, 7) is 3.77. The molecule has 0 spiro atoms. The maximum atomic E-state index is 12.7. The molecule has 4 rings (SSSR count). The van der Waals surface area contributed by atoms with Crippen molar-refractivity contribution in [3.63, 3.8) is 0 Å². The molecule has 2 fully saturated rings. The van der Waals surface area contributed by atoms with Gasteiger partial charge in [0.2, 0.25) is 15.9 Å². The first-order chi connectivity index (χ1) is 14.8. The monoisotopic (exact) mass is 443 g/mol. The Balaban J connectivity index is 1.40. The molecule has 2 aromatic rings. The molecule has 8 nitrogen and oxygen atoms in total. The van der Waals surface area contributed by atoms with Gasteiger partial charge in [-0.15, -0.1) is 0 Å². The summed E-state index contributed by atoms with van der Waals surface area (Å²) in [5, 5.41) is 2.88. The van der Waals surface area contributed by atoms with Crippen molar-refractivity contribution in [3.05, 3.63) is 59.7 Å². The molecule has 0 aliphatic carbocycles. The highest BCUT2D eigenvalue weighted by Crippen LogP contribution is 2.23. The van der Waals surface area contributed by atoms with Crippen molar-refractivity contribution < 1.29 is 22.7 Å². The van der Waals surface area contributed by atoms with Gasteiger partial charge in [0.25, 0.3) is 5.91 Å². The first-order valence-electron chi connectivity index (χ1n) is 10.2. The van der Waals surface area contributed by atoms with Crippen LogP contribution in [0.2, 0.25) is 0 Å². The summed E-state index contributed by atoms with van der Waals surface area (Å²) in [6.07, 6.45) is 0.225. The van der Waals surface area contributed by atoms with E-state index in [-0.39, 0.29) is 29.2 Å². The standard InChI is InChI=1S/C22H25N3O5S/c1-16-2-6-19(7-3-16)25-15-18(14-21(25)26)23-22(27)17-4-8-20(9-5-17)31(28,29)24-10-12-30-13-11-24/h2-9,18H,10-15H2,1H3,(H,23,27)/t18-/m1/s1. The van der Waals surface area contributed by atoms with Crippen molar-refractivity contribution in [1.29, 1.82) is 0 Å². The van der Waals surface area contributed by atoms with Gasteiger partial charge in [-0.25, -0.2) is 8.42 Å². The minimum absolute atomic E-state index is 0.0406. The second-order valence-corrected chi connectivity index (χ2v) is 9.69. The van der Waals surface area contributed by atoms with Crippen molar-refractivity contribution in [2.24, 2.45) is 0 Å². The van der Waals surface area contributed by atoms with E-state index in [4.69, 9.17) is 4.74 Å². The van der Waals surface area contributed by atoms with Crippen LogP contribution in [-0.2, 0) is 19.6 Å². The fourth-order valence-corrected chi connectivity index (χ4v) is 5.17. The van der Waals surface area contributed by atoms with Crippen LogP contribution in [0.5, 0.6) is 0 Å². The molecule has 0 bridgehead atoms. The highest BCUT2D eigenvalue weighted by Gasteiger charge is 2.32. The van der Waals surface area contributed by atoms with E-state index in [9.17, 15) is 18.0 Å². The molecule has 2 aromatic carbocycles. The number of hydrogen-bond acceptors (Lipinski definition) is 5. The molecular weight excluding hydrogens is 418 g/mol. The summed E-state index contributed by atoms with van der Waals surface area (Å²) in [5.41, 5.74) is 2.27. The van der Waals surface area contributed by atoms with Crippen LogP contribution in [0, 0.1) is 6.92 Å². The van der Waals surface area contributed by atoms with Crippen LogP contribution in [0.4, 0.5) is 5.69 Å². The molecule has 2 saturated heterocycles. The summed E-state index contributed by atoms with van der Waals surface area (Å²) in [4.78, 5) is 26.8. The van der Waals surface area contributed by atoms with Crippen LogP contribution in [-0.4, -0.2) is 63.4 Å². The largest absolute Gasteiger partial charge is 0.379 e. The molecule has 0 unspecified atom stereocenters. The summed E-state index contributed by atoms with van der Waals surface area (Å²) < 4.78 is 32.0. The van der Waals surface area contributed by atoms with Crippen LogP contribution >= 0.6 is 0 Å². The van der Waals surface area contributed by atoms with Gasteiger partial charge in [0.15, 0.2) is 0 Å². The number of carbonyl (C=O) groups is 2. The fourth-order valence-electron chi connectivity index (χ4n) is 3.76. The predicted molar refractivity (Wildman–Crippen MR) is 115 cm³/mol. The van der Waals surface area contributed by atoms with E-state index >= 15 is 0 Å². The Hall–Kier alpha value is -2.75. The molecule has 2 heterocycles. The summed E-state index contributed by atoms with van der Waals surface area (Å²) in [5.74, 6) is -0.375. The van der Waals surface area contributed by atoms with Crippen molar-refractivity contribution >= 4 is 27.5 Å². The third kappa shape index (κ3) is 4.63. The van der Waals surface area contributed by atoms with Gasteiger partial charge in [-0.05, 0) is 43.3 Å². The topological polar surface area (TPSA) is 96.0 Å². The van der Waals surface area contributed by atoms with Gasteiger partial charge in [0, 0.05) is 37.3 Å². The molecule has 1 atom stereocenters. The molecule has 2 amide bonds. The number of sulfonamides is 1. The van der Waals surface area contributed by atoms with Gasteiger partial charge < -0.3 is 15.0 Å². The maximum absolute atomic E-state index is 12.7. The fraction of sp³-hybridized carbons (Fsp3) is 0.364. The van der Waals surface area contributed by atoms with E-state index < -0.39 is 10.0 Å². The van der Waals surface area contributed by atoms with Gasteiger partial charge in [-0.3, -0.25) is 9.59 Å². The summed E-state index contributed by atoms with van der Waals surface area (Å²) in [6, 6.07) is 13.3. The predicted octanol–water partition coefficient (Wildman–Crippen LogP) is 1.55. The average Bonchev–Trinajstić information content (AvgIpc) is 3.14.